The van der Waals surface area contributed by atoms with E-state index in [1.807, 2.05) is 6.92 Å². The van der Waals surface area contributed by atoms with Crippen molar-refractivity contribution in [3.8, 4) is 0 Å². The van der Waals surface area contributed by atoms with Gasteiger partial charge in [-0.3, -0.25) is 4.79 Å². The summed E-state index contributed by atoms with van der Waals surface area (Å²) in [5.74, 6) is 0.653. The van der Waals surface area contributed by atoms with Gasteiger partial charge in [0.2, 0.25) is 5.91 Å². The first-order chi connectivity index (χ1) is 9.11. The van der Waals surface area contributed by atoms with E-state index in [4.69, 9.17) is 17.3 Å². The van der Waals surface area contributed by atoms with Crippen LogP contribution in [-0.2, 0) is 11.2 Å². The zero-order chi connectivity index (χ0) is 13.8. The highest BCUT2D eigenvalue weighted by atomic mass is 35.5. The van der Waals surface area contributed by atoms with Crippen LogP contribution in [0.4, 0.5) is 5.82 Å². The van der Waals surface area contributed by atoms with Gasteiger partial charge in [-0.2, -0.15) is 0 Å². The standard InChI is InChI=1S/C13H19ClN4O/c1-2-10-11(14)16-7-17-13(10)18-9-5-3-8(4-6-9)12(15)19/h7-9H,2-6H2,1H3,(H2,15,19)(H,16,17,18). The topological polar surface area (TPSA) is 80.9 Å². The minimum Gasteiger partial charge on any atom is -0.369 e. The lowest BCUT2D eigenvalue weighted by Crippen LogP contribution is -2.32. The van der Waals surface area contributed by atoms with Gasteiger partial charge in [-0.1, -0.05) is 18.5 Å². The zero-order valence-electron chi connectivity index (χ0n) is 11.0. The van der Waals surface area contributed by atoms with Crippen LogP contribution in [0.3, 0.4) is 0 Å². The first kappa shape index (κ1) is 14.1. The van der Waals surface area contributed by atoms with E-state index in [1.165, 1.54) is 6.33 Å². The van der Waals surface area contributed by atoms with Gasteiger partial charge >= 0.3 is 0 Å². The second-order valence-electron chi connectivity index (χ2n) is 4.94. The van der Waals surface area contributed by atoms with Crippen molar-refractivity contribution in [1.82, 2.24) is 9.97 Å². The molecule has 1 saturated carbocycles. The van der Waals surface area contributed by atoms with Crippen molar-refractivity contribution < 1.29 is 4.79 Å². The van der Waals surface area contributed by atoms with Crippen LogP contribution in [0.2, 0.25) is 5.15 Å². The summed E-state index contributed by atoms with van der Waals surface area (Å²) in [4.78, 5) is 19.4. The second-order valence-corrected chi connectivity index (χ2v) is 5.30. The summed E-state index contributed by atoms with van der Waals surface area (Å²) in [6.45, 7) is 2.03. The molecular formula is C13H19ClN4O. The maximum atomic E-state index is 11.1. The molecule has 5 nitrogen and oxygen atoms in total. The SMILES string of the molecule is CCc1c(Cl)ncnc1NC1CCC(C(N)=O)CC1. The summed E-state index contributed by atoms with van der Waals surface area (Å²) in [5, 5.41) is 3.92. The number of anilines is 1. The van der Waals surface area contributed by atoms with Crippen LogP contribution in [0.5, 0.6) is 0 Å². The van der Waals surface area contributed by atoms with Crippen LogP contribution in [0.15, 0.2) is 6.33 Å². The summed E-state index contributed by atoms with van der Waals surface area (Å²) < 4.78 is 0. The van der Waals surface area contributed by atoms with Crippen molar-refractivity contribution in [2.75, 3.05) is 5.32 Å². The Kier molecular flexibility index (Phi) is 4.58. The minimum absolute atomic E-state index is 0.0256. The number of rotatable bonds is 4. The van der Waals surface area contributed by atoms with E-state index in [0.29, 0.717) is 11.2 Å². The molecule has 0 spiro atoms. The Balaban J connectivity index is 1.99. The number of nitrogens with one attached hydrogen (secondary N) is 1. The summed E-state index contributed by atoms with van der Waals surface area (Å²) in [7, 11) is 0. The molecule has 104 valence electrons. The first-order valence-electron chi connectivity index (χ1n) is 6.67. The van der Waals surface area contributed by atoms with Crippen molar-refractivity contribution in [3.63, 3.8) is 0 Å². The van der Waals surface area contributed by atoms with Gasteiger partial charge in [-0.25, -0.2) is 9.97 Å². The summed E-state index contributed by atoms with van der Waals surface area (Å²) in [6.07, 6.45) is 5.80. The third-order valence-electron chi connectivity index (χ3n) is 3.72. The minimum atomic E-state index is -0.183. The number of hydrogen-bond donors (Lipinski definition) is 2. The molecule has 0 saturated heterocycles. The Hall–Kier alpha value is -1.36. The summed E-state index contributed by atoms with van der Waals surface area (Å²) in [5.41, 5.74) is 6.28. The van der Waals surface area contributed by atoms with Crippen molar-refractivity contribution >= 4 is 23.3 Å². The van der Waals surface area contributed by atoms with E-state index < -0.39 is 0 Å². The summed E-state index contributed by atoms with van der Waals surface area (Å²) >= 11 is 6.06. The van der Waals surface area contributed by atoms with Crippen LogP contribution in [0, 0.1) is 5.92 Å². The van der Waals surface area contributed by atoms with E-state index >= 15 is 0 Å². The molecule has 3 N–H and O–H groups in total. The maximum Gasteiger partial charge on any atom is 0.220 e. The zero-order valence-corrected chi connectivity index (χ0v) is 11.8. The quantitative estimate of drug-likeness (QED) is 0.829. The molecule has 1 aliphatic carbocycles. The van der Waals surface area contributed by atoms with Gasteiger partial charge in [0, 0.05) is 17.5 Å². The predicted octanol–water partition coefficient (Wildman–Crippen LogP) is 2.15. The van der Waals surface area contributed by atoms with Crippen molar-refractivity contribution in [1.29, 1.82) is 0 Å². The molecule has 1 amide bonds. The molecule has 0 radical (unpaired) electrons. The van der Waals surface area contributed by atoms with Crippen LogP contribution in [0.1, 0.15) is 38.2 Å². The predicted molar refractivity (Wildman–Crippen MR) is 75.0 cm³/mol. The Bertz CT molecular complexity index is 458. The molecular weight excluding hydrogens is 264 g/mol. The number of aromatic nitrogens is 2. The molecule has 0 aliphatic heterocycles. The third kappa shape index (κ3) is 3.35. The number of primary amides is 1. The number of nitrogens with zero attached hydrogens (tertiary/aromatic N) is 2. The van der Waals surface area contributed by atoms with E-state index in [-0.39, 0.29) is 11.8 Å². The van der Waals surface area contributed by atoms with Crippen LogP contribution >= 0.6 is 11.6 Å². The lowest BCUT2D eigenvalue weighted by Gasteiger charge is -2.28. The second kappa shape index (κ2) is 6.19. The Labute approximate surface area is 118 Å². The van der Waals surface area contributed by atoms with Gasteiger partial charge in [0.1, 0.15) is 17.3 Å². The van der Waals surface area contributed by atoms with Crippen molar-refractivity contribution in [3.05, 3.63) is 17.0 Å². The van der Waals surface area contributed by atoms with E-state index in [1.54, 1.807) is 0 Å². The molecule has 0 bridgehead atoms. The number of halogens is 1. The Morgan fingerprint density at radius 3 is 2.68 bits per heavy atom. The van der Waals surface area contributed by atoms with E-state index in [2.05, 4.69) is 15.3 Å². The lowest BCUT2D eigenvalue weighted by atomic mass is 9.85. The largest absolute Gasteiger partial charge is 0.369 e. The fourth-order valence-corrected chi connectivity index (χ4v) is 2.81. The van der Waals surface area contributed by atoms with Gasteiger partial charge in [-0.05, 0) is 32.1 Å². The lowest BCUT2D eigenvalue weighted by molar-refractivity contribution is -0.122. The van der Waals surface area contributed by atoms with E-state index in [0.717, 1.165) is 43.5 Å². The molecule has 1 heterocycles. The van der Waals surface area contributed by atoms with Gasteiger partial charge in [0.15, 0.2) is 0 Å². The van der Waals surface area contributed by atoms with Gasteiger partial charge < -0.3 is 11.1 Å². The molecule has 6 heteroatoms. The van der Waals surface area contributed by atoms with Crippen LogP contribution in [-0.4, -0.2) is 21.9 Å². The number of nitrogens with two attached hydrogens (primary N) is 1. The number of carbonyl (C=O) groups excluding carboxylic acids is 1. The number of hydrogen-bond acceptors (Lipinski definition) is 4. The highest BCUT2D eigenvalue weighted by Crippen LogP contribution is 2.28. The third-order valence-corrected chi connectivity index (χ3v) is 4.04. The molecule has 0 unspecified atom stereocenters. The molecule has 0 aromatic carbocycles. The molecule has 19 heavy (non-hydrogen) atoms. The highest BCUT2D eigenvalue weighted by molar-refractivity contribution is 6.30. The van der Waals surface area contributed by atoms with Crippen molar-refractivity contribution in [2.45, 2.75) is 45.1 Å². The normalized spacial score (nSPS) is 23.1. The monoisotopic (exact) mass is 282 g/mol. The highest BCUT2D eigenvalue weighted by Gasteiger charge is 2.25. The van der Waals surface area contributed by atoms with E-state index in [9.17, 15) is 4.79 Å². The van der Waals surface area contributed by atoms with Gasteiger partial charge in [0.05, 0.1) is 0 Å². The summed E-state index contributed by atoms with van der Waals surface area (Å²) in [6, 6.07) is 0.326. The Morgan fingerprint density at radius 1 is 1.42 bits per heavy atom. The van der Waals surface area contributed by atoms with Crippen LogP contribution in [0.25, 0.3) is 0 Å². The fraction of sp³-hybridized carbons (Fsp3) is 0.615. The fourth-order valence-electron chi connectivity index (χ4n) is 2.54. The average molecular weight is 283 g/mol. The maximum absolute atomic E-state index is 11.1. The molecule has 2 rings (SSSR count). The van der Waals surface area contributed by atoms with Crippen molar-refractivity contribution in [2.24, 2.45) is 11.7 Å². The molecule has 1 fully saturated rings. The van der Waals surface area contributed by atoms with Gasteiger partial charge in [-0.15, -0.1) is 0 Å². The number of carbonyl (C=O) groups is 1. The molecule has 1 aromatic heterocycles. The smallest absolute Gasteiger partial charge is 0.220 e. The van der Waals surface area contributed by atoms with Gasteiger partial charge in [0.25, 0.3) is 0 Å². The average Bonchev–Trinajstić information content (AvgIpc) is 2.39. The van der Waals surface area contributed by atoms with Crippen LogP contribution < -0.4 is 11.1 Å². The Morgan fingerprint density at radius 2 is 2.11 bits per heavy atom. The molecule has 1 aliphatic rings. The molecule has 0 atom stereocenters. The number of amides is 1. The first-order valence-corrected chi connectivity index (χ1v) is 7.04. The molecule has 1 aromatic rings.